The second-order valence-electron chi connectivity index (χ2n) is 5.91. The van der Waals surface area contributed by atoms with Gasteiger partial charge in [-0.05, 0) is 39.0 Å². The molecule has 1 fully saturated rings. The molecule has 1 N–H and O–H groups in total. The molecule has 1 aliphatic heterocycles. The summed E-state index contributed by atoms with van der Waals surface area (Å²) in [6, 6.07) is 3.12. The van der Waals surface area contributed by atoms with Gasteiger partial charge in [-0.3, -0.25) is 9.59 Å². The molecule has 0 aromatic carbocycles. The minimum absolute atomic E-state index is 0.104. The maximum absolute atomic E-state index is 12.2. The summed E-state index contributed by atoms with van der Waals surface area (Å²) in [7, 11) is 0. The molecular weight excluding hydrogens is 288 g/mol. The number of thioether (sulfide) groups is 1. The first-order chi connectivity index (χ1) is 9.87. The average molecular weight is 308 g/mol. The summed E-state index contributed by atoms with van der Waals surface area (Å²) in [4.78, 5) is 26.1. The third kappa shape index (κ3) is 4.39. The quantitative estimate of drug-likeness (QED) is 0.869. The van der Waals surface area contributed by atoms with E-state index in [4.69, 9.17) is 4.42 Å². The minimum atomic E-state index is -0.414. The summed E-state index contributed by atoms with van der Waals surface area (Å²) in [5.41, 5.74) is -0.303. The van der Waals surface area contributed by atoms with E-state index in [1.54, 1.807) is 41.1 Å². The lowest BCUT2D eigenvalue weighted by molar-refractivity contribution is -0.135. The Morgan fingerprint density at radius 2 is 2.24 bits per heavy atom. The zero-order valence-electron chi connectivity index (χ0n) is 12.5. The predicted octanol–water partition coefficient (Wildman–Crippen LogP) is 2.11. The Bertz CT molecular complexity index is 532. The average Bonchev–Trinajstić information content (AvgIpc) is 3.05. The minimum Gasteiger partial charge on any atom is -0.465 e. The van der Waals surface area contributed by atoms with Crippen molar-refractivity contribution in [3.8, 4) is 0 Å². The monoisotopic (exact) mass is 308 g/mol. The number of amides is 2. The van der Waals surface area contributed by atoms with Gasteiger partial charge in [0, 0.05) is 17.4 Å². The van der Waals surface area contributed by atoms with Gasteiger partial charge in [-0.15, -0.1) is 11.8 Å². The Labute approximate surface area is 128 Å². The lowest BCUT2D eigenvalue weighted by Gasteiger charge is -2.27. The highest BCUT2D eigenvalue weighted by Crippen LogP contribution is 2.22. The van der Waals surface area contributed by atoms with E-state index in [1.807, 2.05) is 20.8 Å². The third-order valence-electron chi connectivity index (χ3n) is 2.90. The predicted molar refractivity (Wildman–Crippen MR) is 83.6 cm³/mol. The lowest BCUT2D eigenvalue weighted by Crippen LogP contribution is -2.52. The summed E-state index contributed by atoms with van der Waals surface area (Å²) in [5.74, 6) is 1.50. The molecule has 0 aliphatic carbocycles. The maximum Gasteiger partial charge on any atom is 0.248 e. The van der Waals surface area contributed by atoms with Crippen molar-refractivity contribution < 1.29 is 14.0 Å². The fourth-order valence-electron chi connectivity index (χ4n) is 1.97. The smallest absolute Gasteiger partial charge is 0.248 e. The molecule has 1 aliphatic rings. The van der Waals surface area contributed by atoms with E-state index in [9.17, 15) is 9.59 Å². The number of hydrogen-bond acceptors (Lipinski definition) is 4. The van der Waals surface area contributed by atoms with Crippen LogP contribution in [0.5, 0.6) is 0 Å². The van der Waals surface area contributed by atoms with E-state index in [2.05, 4.69) is 5.32 Å². The number of rotatable bonds is 3. The van der Waals surface area contributed by atoms with E-state index in [0.29, 0.717) is 17.4 Å². The van der Waals surface area contributed by atoms with Gasteiger partial charge in [0.15, 0.2) is 0 Å². The van der Waals surface area contributed by atoms with Gasteiger partial charge in [0.1, 0.15) is 11.8 Å². The first-order valence-corrected chi connectivity index (χ1v) is 7.94. The van der Waals surface area contributed by atoms with Crippen LogP contribution in [0.1, 0.15) is 26.5 Å². The van der Waals surface area contributed by atoms with Crippen LogP contribution in [0.15, 0.2) is 28.9 Å². The number of carbonyl (C=O) groups is 2. The largest absolute Gasteiger partial charge is 0.465 e. The normalized spacial score (nSPS) is 19.2. The highest BCUT2D eigenvalue weighted by Gasteiger charge is 2.34. The SMILES string of the molecule is CC(C)(C)NC(=O)[C@@H]1CSCN1C(=O)/C=C/c1ccco1. The molecule has 1 saturated heterocycles. The van der Waals surface area contributed by atoms with Crippen molar-refractivity contribution in [3.05, 3.63) is 30.2 Å². The topological polar surface area (TPSA) is 62.6 Å². The summed E-state index contributed by atoms with van der Waals surface area (Å²) >= 11 is 1.58. The molecule has 0 unspecified atom stereocenters. The van der Waals surface area contributed by atoms with Crippen molar-refractivity contribution >= 4 is 29.7 Å². The Kier molecular flexibility index (Phi) is 4.77. The number of nitrogens with one attached hydrogen (secondary N) is 1. The molecule has 5 nitrogen and oxygen atoms in total. The van der Waals surface area contributed by atoms with Crippen molar-refractivity contribution in [3.63, 3.8) is 0 Å². The van der Waals surface area contributed by atoms with Crippen molar-refractivity contribution in [1.82, 2.24) is 10.2 Å². The van der Waals surface area contributed by atoms with Crippen molar-refractivity contribution in [2.24, 2.45) is 0 Å². The highest BCUT2D eigenvalue weighted by molar-refractivity contribution is 7.99. The van der Waals surface area contributed by atoms with Crippen LogP contribution in [0.25, 0.3) is 6.08 Å². The Hall–Kier alpha value is -1.69. The van der Waals surface area contributed by atoms with Gasteiger partial charge in [-0.2, -0.15) is 0 Å². The number of hydrogen-bond donors (Lipinski definition) is 1. The highest BCUT2D eigenvalue weighted by atomic mass is 32.2. The zero-order chi connectivity index (χ0) is 15.5. The van der Waals surface area contributed by atoms with Crippen LogP contribution in [0.3, 0.4) is 0 Å². The molecule has 0 saturated carbocycles. The summed E-state index contributed by atoms with van der Waals surface area (Å²) in [5, 5.41) is 2.93. The molecule has 1 aromatic rings. The van der Waals surface area contributed by atoms with Crippen LogP contribution < -0.4 is 5.32 Å². The summed E-state index contributed by atoms with van der Waals surface area (Å²) < 4.78 is 5.14. The van der Waals surface area contributed by atoms with E-state index >= 15 is 0 Å². The molecule has 21 heavy (non-hydrogen) atoms. The van der Waals surface area contributed by atoms with Crippen molar-refractivity contribution in [2.45, 2.75) is 32.4 Å². The van der Waals surface area contributed by atoms with Crippen LogP contribution in [0.4, 0.5) is 0 Å². The molecule has 6 heteroatoms. The van der Waals surface area contributed by atoms with E-state index in [0.717, 1.165) is 0 Å². The third-order valence-corrected chi connectivity index (χ3v) is 3.91. The van der Waals surface area contributed by atoms with Gasteiger partial charge >= 0.3 is 0 Å². The molecule has 0 bridgehead atoms. The fourth-order valence-corrected chi connectivity index (χ4v) is 3.13. The van der Waals surface area contributed by atoms with Gasteiger partial charge in [0.2, 0.25) is 11.8 Å². The van der Waals surface area contributed by atoms with Crippen molar-refractivity contribution in [2.75, 3.05) is 11.6 Å². The Morgan fingerprint density at radius 3 is 2.86 bits per heavy atom. The van der Waals surface area contributed by atoms with Crippen LogP contribution in [0, 0.1) is 0 Å². The number of furan rings is 1. The van der Waals surface area contributed by atoms with E-state index < -0.39 is 6.04 Å². The lowest BCUT2D eigenvalue weighted by atomic mass is 10.1. The first kappa shape index (κ1) is 15.7. The summed E-state index contributed by atoms with van der Waals surface area (Å²) in [6.07, 6.45) is 4.61. The van der Waals surface area contributed by atoms with Gasteiger partial charge in [0.05, 0.1) is 12.1 Å². The maximum atomic E-state index is 12.2. The van der Waals surface area contributed by atoms with Gasteiger partial charge in [-0.1, -0.05) is 0 Å². The number of nitrogens with zero attached hydrogens (tertiary/aromatic N) is 1. The van der Waals surface area contributed by atoms with Crippen LogP contribution in [-0.2, 0) is 9.59 Å². The molecule has 2 amide bonds. The molecule has 0 radical (unpaired) electrons. The molecule has 1 aromatic heterocycles. The second-order valence-corrected chi connectivity index (χ2v) is 6.91. The standard InChI is InChI=1S/C15H20N2O3S/c1-15(2,3)16-14(19)12-9-21-10-17(12)13(18)7-6-11-5-4-8-20-11/h4-8,12H,9-10H2,1-3H3,(H,16,19)/b7-6+/t12-/m0/s1. The van der Waals surface area contributed by atoms with E-state index in [-0.39, 0.29) is 17.4 Å². The van der Waals surface area contributed by atoms with Crippen LogP contribution in [0.2, 0.25) is 0 Å². The second kappa shape index (κ2) is 6.39. The van der Waals surface area contributed by atoms with Gasteiger partial charge < -0.3 is 14.6 Å². The Morgan fingerprint density at radius 1 is 1.48 bits per heavy atom. The zero-order valence-corrected chi connectivity index (χ0v) is 13.3. The molecule has 2 heterocycles. The molecule has 0 spiro atoms. The van der Waals surface area contributed by atoms with Crippen LogP contribution in [-0.4, -0.2) is 39.9 Å². The molecule has 2 rings (SSSR count). The number of carbonyl (C=O) groups excluding carboxylic acids is 2. The molecule has 114 valence electrons. The van der Waals surface area contributed by atoms with Gasteiger partial charge in [-0.25, -0.2) is 0 Å². The van der Waals surface area contributed by atoms with Crippen molar-refractivity contribution in [1.29, 1.82) is 0 Å². The summed E-state index contributed by atoms with van der Waals surface area (Å²) in [6.45, 7) is 5.78. The fraction of sp³-hybridized carbons (Fsp3) is 0.467. The molecular formula is C15H20N2O3S. The Balaban J connectivity index is 2.01. The van der Waals surface area contributed by atoms with Gasteiger partial charge in [0.25, 0.3) is 0 Å². The molecule has 1 atom stereocenters. The first-order valence-electron chi connectivity index (χ1n) is 6.79. The van der Waals surface area contributed by atoms with Crippen LogP contribution >= 0.6 is 11.8 Å². The van der Waals surface area contributed by atoms with E-state index in [1.165, 1.54) is 6.08 Å².